The summed E-state index contributed by atoms with van der Waals surface area (Å²) < 4.78 is 0. The fourth-order valence-electron chi connectivity index (χ4n) is 0.217. The van der Waals surface area contributed by atoms with Gasteiger partial charge < -0.3 is 15.9 Å². The van der Waals surface area contributed by atoms with Crippen LogP contribution in [0.3, 0.4) is 0 Å². The molecule has 0 spiro atoms. The van der Waals surface area contributed by atoms with Crippen molar-refractivity contribution >= 4 is 11.9 Å². The highest BCUT2D eigenvalue weighted by molar-refractivity contribution is 5.95. The van der Waals surface area contributed by atoms with Crippen LogP contribution in [0.2, 0.25) is 0 Å². The van der Waals surface area contributed by atoms with Gasteiger partial charge in [0.05, 0.1) is 12.3 Å². The van der Waals surface area contributed by atoms with Gasteiger partial charge in [-0.1, -0.05) is 0 Å². The molecule has 44 valence electrons. The van der Waals surface area contributed by atoms with Gasteiger partial charge in [0.1, 0.15) is 0 Å². The van der Waals surface area contributed by atoms with Crippen LogP contribution in [0.15, 0.2) is 12.2 Å². The van der Waals surface area contributed by atoms with Crippen molar-refractivity contribution in [3.05, 3.63) is 12.2 Å². The van der Waals surface area contributed by atoms with Crippen molar-refractivity contribution in [2.45, 2.75) is 0 Å². The van der Waals surface area contributed by atoms with Crippen LogP contribution in [0, 0.1) is 10.8 Å². The molecule has 0 fully saturated rings. The molecule has 0 radical (unpaired) electrons. The lowest BCUT2D eigenvalue weighted by molar-refractivity contribution is 0.357. The van der Waals surface area contributed by atoms with Gasteiger partial charge in [-0.2, -0.15) is 0 Å². The van der Waals surface area contributed by atoms with E-state index in [-0.39, 0.29) is 12.3 Å². The van der Waals surface area contributed by atoms with Gasteiger partial charge in [0.25, 0.3) is 0 Å². The molecule has 0 aliphatic carbocycles. The lowest BCUT2D eigenvalue weighted by Gasteiger charge is -1.83. The minimum Gasteiger partial charge on any atom is -0.390 e. The Hall–Kier alpha value is -0.960. The van der Waals surface area contributed by atoms with E-state index in [1.807, 2.05) is 0 Å². The number of aliphatic hydroxyl groups is 1. The summed E-state index contributed by atoms with van der Waals surface area (Å²) in [5.74, 6) is 0. The summed E-state index contributed by atoms with van der Waals surface area (Å²) in [6.07, 6.45) is 3.82. The van der Waals surface area contributed by atoms with Gasteiger partial charge in [-0.05, 0) is 12.2 Å². The van der Waals surface area contributed by atoms with E-state index in [9.17, 15) is 0 Å². The quantitative estimate of drug-likeness (QED) is 0.448. The Bertz CT molecular complexity index is 118. The molecule has 3 nitrogen and oxygen atoms in total. The van der Waals surface area contributed by atoms with Crippen molar-refractivity contribution in [1.82, 2.24) is 0 Å². The Morgan fingerprint density at radius 3 is 2.62 bits per heavy atom. The molecule has 0 aliphatic rings. The molecule has 0 aromatic rings. The number of aliphatic hydroxyl groups excluding tert-OH is 1. The predicted octanol–water partition coefficient (Wildman–Crippen LogP) is 0.204. The molecule has 3 heteroatoms. The molecule has 8 heavy (non-hydrogen) atoms. The molecular weight excluding hydrogens is 104 g/mol. The van der Waals surface area contributed by atoms with Crippen LogP contribution < -0.4 is 0 Å². The first-order valence-electron chi connectivity index (χ1n) is 2.16. The summed E-state index contributed by atoms with van der Waals surface area (Å²) >= 11 is 0. The highest BCUT2D eigenvalue weighted by Gasteiger charge is 1.80. The van der Waals surface area contributed by atoms with Crippen LogP contribution in [0.5, 0.6) is 0 Å². The minimum absolute atomic E-state index is 0.119. The monoisotopic (exact) mass is 112 g/mol. The normalized spacial score (nSPS) is 9.62. The summed E-state index contributed by atoms with van der Waals surface area (Å²) in [5, 5.41) is 21.5. The minimum atomic E-state index is -0.260. The van der Waals surface area contributed by atoms with Crippen LogP contribution in [-0.4, -0.2) is 23.6 Å². The SMILES string of the molecule is N=C/C=C\C(=N)CO. The third kappa shape index (κ3) is 3.24. The maximum absolute atomic E-state index is 8.21. The Kier molecular flexibility index (Phi) is 3.70. The van der Waals surface area contributed by atoms with Crippen molar-refractivity contribution in [3.8, 4) is 0 Å². The molecule has 0 amide bonds. The molecule has 0 aromatic heterocycles. The first kappa shape index (κ1) is 7.04. The van der Waals surface area contributed by atoms with E-state index >= 15 is 0 Å². The number of nitrogens with one attached hydrogen (secondary N) is 2. The second-order valence-corrected chi connectivity index (χ2v) is 1.21. The first-order valence-corrected chi connectivity index (χ1v) is 2.16. The zero-order valence-corrected chi connectivity index (χ0v) is 4.39. The predicted molar refractivity (Wildman–Crippen MR) is 32.7 cm³/mol. The average molecular weight is 112 g/mol. The number of allylic oxidation sites excluding steroid dienone is 1. The maximum Gasteiger partial charge on any atom is 0.0845 e. The van der Waals surface area contributed by atoms with Crippen LogP contribution in [0.25, 0.3) is 0 Å². The molecule has 0 saturated heterocycles. The lowest BCUT2D eigenvalue weighted by Crippen LogP contribution is -1.96. The van der Waals surface area contributed by atoms with Crippen LogP contribution in [0.1, 0.15) is 0 Å². The molecule has 0 bridgehead atoms. The summed E-state index contributed by atoms with van der Waals surface area (Å²) in [5.41, 5.74) is 0.119. The fraction of sp³-hybridized carbons (Fsp3) is 0.200. The molecule has 0 aromatic carbocycles. The van der Waals surface area contributed by atoms with E-state index < -0.39 is 0 Å². The first-order chi connectivity index (χ1) is 3.81. The fourth-order valence-corrected chi connectivity index (χ4v) is 0.217. The molecular formula is C5H8N2O. The molecule has 0 rings (SSSR count). The molecule has 0 atom stereocenters. The number of hydrogen-bond donors (Lipinski definition) is 3. The van der Waals surface area contributed by atoms with Crippen LogP contribution in [-0.2, 0) is 0 Å². The van der Waals surface area contributed by atoms with Gasteiger partial charge in [0.2, 0.25) is 0 Å². The third-order valence-electron chi connectivity index (χ3n) is 0.564. The molecule has 0 saturated carbocycles. The Labute approximate surface area is 47.7 Å². The van der Waals surface area contributed by atoms with Crippen LogP contribution >= 0.6 is 0 Å². The maximum atomic E-state index is 8.21. The topological polar surface area (TPSA) is 67.9 Å². The van der Waals surface area contributed by atoms with E-state index in [1.165, 1.54) is 12.2 Å². The highest BCUT2D eigenvalue weighted by Crippen LogP contribution is 1.71. The summed E-state index contributed by atoms with van der Waals surface area (Å²) in [6.45, 7) is -0.260. The standard InChI is InChI=1S/C5H8N2O/c6-3-1-2-5(7)4-8/h1-3,6-8H,4H2/b2-1-,6-3?,7-5?. The summed E-state index contributed by atoms with van der Waals surface area (Å²) in [4.78, 5) is 0. The van der Waals surface area contributed by atoms with Crippen LogP contribution in [0.4, 0.5) is 0 Å². The van der Waals surface area contributed by atoms with Gasteiger partial charge in [-0.3, -0.25) is 0 Å². The van der Waals surface area contributed by atoms with Crippen molar-refractivity contribution in [3.63, 3.8) is 0 Å². The Morgan fingerprint density at radius 2 is 2.25 bits per heavy atom. The number of hydrogen-bond acceptors (Lipinski definition) is 3. The smallest absolute Gasteiger partial charge is 0.0845 e. The van der Waals surface area contributed by atoms with Gasteiger partial charge in [0, 0.05) is 6.21 Å². The second kappa shape index (κ2) is 4.21. The van der Waals surface area contributed by atoms with Gasteiger partial charge in [-0.15, -0.1) is 0 Å². The molecule has 0 aliphatic heterocycles. The summed E-state index contributed by atoms with van der Waals surface area (Å²) in [6, 6.07) is 0. The zero-order valence-electron chi connectivity index (χ0n) is 4.39. The van der Waals surface area contributed by atoms with Crippen molar-refractivity contribution in [2.75, 3.05) is 6.61 Å². The van der Waals surface area contributed by atoms with Gasteiger partial charge in [-0.25, -0.2) is 0 Å². The van der Waals surface area contributed by atoms with Crippen molar-refractivity contribution in [1.29, 1.82) is 10.8 Å². The highest BCUT2D eigenvalue weighted by atomic mass is 16.3. The van der Waals surface area contributed by atoms with E-state index in [0.717, 1.165) is 6.21 Å². The Morgan fingerprint density at radius 1 is 1.62 bits per heavy atom. The Balaban J connectivity index is 3.52. The third-order valence-corrected chi connectivity index (χ3v) is 0.564. The molecule has 0 unspecified atom stereocenters. The van der Waals surface area contributed by atoms with E-state index in [4.69, 9.17) is 15.9 Å². The molecule has 3 N–H and O–H groups in total. The number of rotatable bonds is 3. The van der Waals surface area contributed by atoms with E-state index in [2.05, 4.69) is 0 Å². The van der Waals surface area contributed by atoms with Gasteiger partial charge >= 0.3 is 0 Å². The summed E-state index contributed by atoms with van der Waals surface area (Å²) in [7, 11) is 0. The van der Waals surface area contributed by atoms with Crippen molar-refractivity contribution in [2.24, 2.45) is 0 Å². The largest absolute Gasteiger partial charge is 0.390 e. The second-order valence-electron chi connectivity index (χ2n) is 1.21. The average Bonchev–Trinajstić information content (AvgIpc) is 1.83. The molecule has 0 heterocycles. The van der Waals surface area contributed by atoms with Gasteiger partial charge in [0.15, 0.2) is 0 Å². The zero-order chi connectivity index (χ0) is 6.41. The lowest BCUT2D eigenvalue weighted by atomic mass is 10.3. The van der Waals surface area contributed by atoms with Crippen molar-refractivity contribution < 1.29 is 5.11 Å². The van der Waals surface area contributed by atoms with E-state index in [0.29, 0.717) is 0 Å². The van der Waals surface area contributed by atoms with E-state index in [1.54, 1.807) is 0 Å².